The number of hydrogen-bond acceptors (Lipinski definition) is 4. The van der Waals surface area contributed by atoms with Crippen LogP contribution in [0.15, 0.2) is 36.4 Å². The molecule has 7 nitrogen and oxygen atoms in total. The zero-order valence-corrected chi connectivity index (χ0v) is 16.2. The largest absolute Gasteiger partial charge is 0.343 e. The fourth-order valence-corrected chi connectivity index (χ4v) is 5.02. The third-order valence-corrected chi connectivity index (χ3v) is 6.31. The summed E-state index contributed by atoms with van der Waals surface area (Å²) in [5, 5.41) is 4.40. The van der Waals surface area contributed by atoms with E-state index in [1.165, 1.54) is 0 Å². The van der Waals surface area contributed by atoms with Gasteiger partial charge in [-0.25, -0.2) is 0 Å². The molecule has 28 heavy (non-hydrogen) atoms. The summed E-state index contributed by atoms with van der Waals surface area (Å²) in [6.07, 6.45) is 0.860. The first-order valence-corrected chi connectivity index (χ1v) is 9.82. The number of hydrogen-bond donors (Lipinski definition) is 0. The van der Waals surface area contributed by atoms with Gasteiger partial charge in [0.2, 0.25) is 11.8 Å². The Labute approximate surface area is 163 Å². The summed E-state index contributed by atoms with van der Waals surface area (Å²) >= 11 is 0. The summed E-state index contributed by atoms with van der Waals surface area (Å²) in [7, 11) is 0. The van der Waals surface area contributed by atoms with Crippen molar-refractivity contribution in [2.45, 2.75) is 51.1 Å². The molecular formula is C21H24N4O3. The van der Waals surface area contributed by atoms with E-state index in [1.807, 2.05) is 60.0 Å². The van der Waals surface area contributed by atoms with Gasteiger partial charge >= 0.3 is 0 Å². The third-order valence-electron chi connectivity index (χ3n) is 6.31. The minimum atomic E-state index is -0.678. The minimum Gasteiger partial charge on any atom is -0.343 e. The fraction of sp³-hybridized carbons (Fsp3) is 0.476. The van der Waals surface area contributed by atoms with E-state index >= 15 is 0 Å². The lowest BCUT2D eigenvalue weighted by atomic mass is 10.1. The van der Waals surface area contributed by atoms with E-state index in [9.17, 15) is 9.59 Å². The molecule has 0 radical (unpaired) electrons. The first kappa shape index (κ1) is 17.4. The van der Waals surface area contributed by atoms with Gasteiger partial charge in [0.1, 0.15) is 12.6 Å². The lowest BCUT2D eigenvalue weighted by molar-refractivity contribution is -0.143. The van der Waals surface area contributed by atoms with E-state index in [1.54, 1.807) is 4.68 Å². The summed E-state index contributed by atoms with van der Waals surface area (Å²) in [4.78, 5) is 29.5. The van der Waals surface area contributed by atoms with E-state index in [-0.39, 0.29) is 30.5 Å². The minimum absolute atomic E-state index is 0.00511. The summed E-state index contributed by atoms with van der Waals surface area (Å²) in [6, 6.07) is 11.7. The molecule has 3 saturated heterocycles. The molecule has 3 fully saturated rings. The molecule has 3 aliphatic heterocycles. The van der Waals surface area contributed by atoms with E-state index in [0.29, 0.717) is 25.9 Å². The van der Waals surface area contributed by atoms with Gasteiger partial charge in [-0.2, -0.15) is 5.10 Å². The van der Waals surface area contributed by atoms with Crippen molar-refractivity contribution in [1.82, 2.24) is 19.6 Å². The molecule has 146 valence electrons. The number of amides is 2. The van der Waals surface area contributed by atoms with Crippen LogP contribution < -0.4 is 0 Å². The van der Waals surface area contributed by atoms with E-state index < -0.39 is 5.72 Å². The number of carbonyl (C=O) groups is 2. The van der Waals surface area contributed by atoms with Gasteiger partial charge in [0.25, 0.3) is 0 Å². The van der Waals surface area contributed by atoms with Crippen LogP contribution >= 0.6 is 0 Å². The van der Waals surface area contributed by atoms with Crippen LogP contribution in [0, 0.1) is 13.8 Å². The van der Waals surface area contributed by atoms with Crippen LogP contribution in [0.1, 0.15) is 35.9 Å². The molecule has 1 aromatic heterocycles. The highest BCUT2D eigenvalue weighted by atomic mass is 16.5. The van der Waals surface area contributed by atoms with Crippen LogP contribution in [0.25, 0.3) is 0 Å². The number of nitrogens with zero attached hydrogens (tertiary/aromatic N) is 4. The highest BCUT2D eigenvalue weighted by Crippen LogP contribution is 2.50. The summed E-state index contributed by atoms with van der Waals surface area (Å²) in [5.41, 5.74) is 2.26. The molecule has 3 atom stereocenters. The highest BCUT2D eigenvalue weighted by molar-refractivity contribution is 5.84. The zero-order chi connectivity index (χ0) is 19.5. The van der Waals surface area contributed by atoms with E-state index in [0.717, 1.165) is 17.0 Å². The SMILES string of the molecule is Cc1cc(C)n(CC(=O)N2CC[C@@]34O[C@@H](c5ccccc5)CN3C(=O)C[C@@H]24)n1. The van der Waals surface area contributed by atoms with Crippen LogP contribution in [-0.2, 0) is 20.9 Å². The number of carbonyl (C=O) groups excluding carboxylic acids is 2. The maximum atomic E-state index is 13.0. The average molecular weight is 380 g/mol. The molecule has 5 rings (SSSR count). The number of likely N-dealkylation sites (tertiary alicyclic amines) is 1. The molecule has 0 bridgehead atoms. The smallest absolute Gasteiger partial charge is 0.244 e. The molecule has 0 N–H and O–H groups in total. The maximum absolute atomic E-state index is 13.0. The first-order valence-electron chi connectivity index (χ1n) is 9.82. The van der Waals surface area contributed by atoms with E-state index in [2.05, 4.69) is 5.10 Å². The van der Waals surface area contributed by atoms with Crippen LogP contribution in [0.2, 0.25) is 0 Å². The monoisotopic (exact) mass is 380 g/mol. The Kier molecular flexibility index (Phi) is 3.84. The molecule has 0 unspecified atom stereocenters. The number of ether oxygens (including phenoxy) is 1. The molecular weight excluding hydrogens is 356 g/mol. The van der Waals surface area contributed by atoms with Crippen molar-refractivity contribution in [1.29, 1.82) is 0 Å². The number of aromatic nitrogens is 2. The molecule has 0 saturated carbocycles. The van der Waals surface area contributed by atoms with Crippen LogP contribution in [0.4, 0.5) is 0 Å². The van der Waals surface area contributed by atoms with Crippen molar-refractivity contribution in [2.75, 3.05) is 13.1 Å². The molecule has 0 aliphatic carbocycles. The Morgan fingerprint density at radius 1 is 1.29 bits per heavy atom. The topological polar surface area (TPSA) is 67.7 Å². The second-order valence-electron chi connectivity index (χ2n) is 8.01. The molecule has 1 aromatic carbocycles. The Balaban J connectivity index is 1.38. The lowest BCUT2D eigenvalue weighted by Gasteiger charge is -2.32. The molecule has 3 aliphatic rings. The Hall–Kier alpha value is -2.67. The quantitative estimate of drug-likeness (QED) is 0.814. The summed E-state index contributed by atoms with van der Waals surface area (Å²) in [6.45, 7) is 5.22. The van der Waals surface area contributed by atoms with Gasteiger partial charge in [0.05, 0.1) is 24.7 Å². The van der Waals surface area contributed by atoms with Crippen LogP contribution in [0.5, 0.6) is 0 Å². The van der Waals surface area contributed by atoms with Crippen molar-refractivity contribution in [3.05, 3.63) is 53.3 Å². The zero-order valence-electron chi connectivity index (χ0n) is 16.2. The van der Waals surface area contributed by atoms with E-state index in [4.69, 9.17) is 4.74 Å². The number of benzene rings is 1. The van der Waals surface area contributed by atoms with Gasteiger partial charge in [-0.05, 0) is 25.5 Å². The number of rotatable bonds is 3. The predicted octanol–water partition coefficient (Wildman–Crippen LogP) is 1.80. The van der Waals surface area contributed by atoms with Crippen molar-refractivity contribution in [3.63, 3.8) is 0 Å². The first-order chi connectivity index (χ1) is 13.5. The summed E-state index contributed by atoms with van der Waals surface area (Å²) < 4.78 is 8.24. The third kappa shape index (κ3) is 2.49. The normalized spacial score (nSPS) is 28.7. The molecule has 2 amide bonds. The van der Waals surface area contributed by atoms with Gasteiger partial charge in [-0.1, -0.05) is 30.3 Å². The molecule has 1 spiro atoms. The maximum Gasteiger partial charge on any atom is 0.244 e. The average Bonchev–Trinajstić information content (AvgIpc) is 3.37. The standard InChI is InChI=1S/C21H24N4O3/c1-14-10-15(2)25(22-14)13-20(27)23-9-8-21-18(23)11-19(26)24(21)12-17(28-21)16-6-4-3-5-7-16/h3-7,10,17-18H,8-9,11-13H2,1-2H3/t17-,18-,21+/m1/s1. The Morgan fingerprint density at radius 2 is 2.07 bits per heavy atom. The second-order valence-corrected chi connectivity index (χ2v) is 8.01. The van der Waals surface area contributed by atoms with Crippen molar-refractivity contribution in [3.8, 4) is 0 Å². The van der Waals surface area contributed by atoms with Crippen molar-refractivity contribution in [2.24, 2.45) is 0 Å². The highest BCUT2D eigenvalue weighted by Gasteiger charge is 2.64. The van der Waals surface area contributed by atoms with Gasteiger partial charge in [0.15, 0.2) is 5.72 Å². The molecule has 2 aromatic rings. The number of aryl methyl sites for hydroxylation is 2. The fourth-order valence-electron chi connectivity index (χ4n) is 5.02. The van der Waals surface area contributed by atoms with Crippen molar-refractivity contribution >= 4 is 11.8 Å². The Morgan fingerprint density at radius 3 is 2.79 bits per heavy atom. The van der Waals surface area contributed by atoms with Gasteiger partial charge < -0.3 is 14.5 Å². The Bertz CT molecular complexity index is 940. The predicted molar refractivity (Wildman–Crippen MR) is 101 cm³/mol. The van der Waals surface area contributed by atoms with Crippen LogP contribution in [0.3, 0.4) is 0 Å². The van der Waals surface area contributed by atoms with Crippen LogP contribution in [-0.4, -0.2) is 56.3 Å². The summed E-state index contributed by atoms with van der Waals surface area (Å²) in [5.74, 6) is 0.0709. The molecule has 7 heteroatoms. The molecule has 4 heterocycles. The van der Waals surface area contributed by atoms with Gasteiger partial charge in [0, 0.05) is 18.7 Å². The lowest BCUT2D eigenvalue weighted by Crippen LogP contribution is -2.49. The van der Waals surface area contributed by atoms with Gasteiger partial charge in [-0.3, -0.25) is 14.3 Å². The van der Waals surface area contributed by atoms with Gasteiger partial charge in [-0.15, -0.1) is 0 Å². The van der Waals surface area contributed by atoms with Crippen molar-refractivity contribution < 1.29 is 14.3 Å². The second kappa shape index (κ2) is 6.17.